The van der Waals surface area contributed by atoms with Gasteiger partial charge < -0.3 is 4.79 Å². The first-order valence-corrected chi connectivity index (χ1v) is 3.80. The van der Waals surface area contributed by atoms with Crippen LogP contribution in [0.15, 0.2) is 24.3 Å². The van der Waals surface area contributed by atoms with E-state index in [1.807, 2.05) is 31.2 Å². The second-order valence-corrected chi connectivity index (χ2v) is 2.69. The zero-order valence-electron chi connectivity index (χ0n) is 6.95. The van der Waals surface area contributed by atoms with Crippen LogP contribution in [0, 0.1) is 12.3 Å². The summed E-state index contributed by atoms with van der Waals surface area (Å²) in [5.74, 6) is 2.46. The van der Waals surface area contributed by atoms with Gasteiger partial charge in [-0.05, 0) is 17.7 Å². The molecule has 1 unspecified atom stereocenters. The maximum atomic E-state index is 10.5. The molecule has 60 valence electrons. The van der Waals surface area contributed by atoms with Crippen molar-refractivity contribution in [3.8, 4) is 12.3 Å². The molecule has 1 aromatic rings. The van der Waals surface area contributed by atoms with Gasteiger partial charge in [-0.1, -0.05) is 25.0 Å². The lowest BCUT2D eigenvalue weighted by Gasteiger charge is -2.03. The van der Waals surface area contributed by atoms with Crippen LogP contribution in [0.5, 0.6) is 0 Å². The van der Waals surface area contributed by atoms with Crippen molar-refractivity contribution in [2.24, 2.45) is 0 Å². The van der Waals surface area contributed by atoms with Crippen molar-refractivity contribution in [3.63, 3.8) is 0 Å². The van der Waals surface area contributed by atoms with Gasteiger partial charge in [-0.2, -0.15) is 0 Å². The Hall–Kier alpha value is -1.55. The normalized spacial score (nSPS) is 11.7. The number of hydrogen-bond donors (Lipinski definition) is 0. The Morgan fingerprint density at radius 2 is 2.33 bits per heavy atom. The molecule has 0 aliphatic carbocycles. The summed E-state index contributed by atoms with van der Waals surface area (Å²) in [5.41, 5.74) is 1.79. The first kappa shape index (κ1) is 8.55. The van der Waals surface area contributed by atoms with Crippen molar-refractivity contribution in [3.05, 3.63) is 35.4 Å². The lowest BCUT2D eigenvalue weighted by Crippen LogP contribution is -1.94. The van der Waals surface area contributed by atoms with Gasteiger partial charge >= 0.3 is 0 Å². The molecule has 0 amide bonds. The van der Waals surface area contributed by atoms with E-state index in [-0.39, 0.29) is 5.92 Å². The van der Waals surface area contributed by atoms with Gasteiger partial charge in [0.1, 0.15) is 6.29 Å². The van der Waals surface area contributed by atoms with Gasteiger partial charge in [0.05, 0.1) is 0 Å². The molecule has 0 aliphatic rings. The topological polar surface area (TPSA) is 17.1 Å². The number of hydrogen-bond acceptors (Lipinski definition) is 1. The number of terminal acetylenes is 1. The predicted molar refractivity (Wildman–Crippen MR) is 48.9 cm³/mol. The van der Waals surface area contributed by atoms with Crippen LogP contribution in [-0.4, -0.2) is 6.29 Å². The standard InChI is InChI=1S/C11H10O/c1-3-10-5-4-6-11(7-10)9(2)8-12/h1,4-9H,2H3. The SMILES string of the molecule is C#Cc1cccc(C(C)C=O)c1. The van der Waals surface area contributed by atoms with Crippen LogP contribution in [0.3, 0.4) is 0 Å². The average Bonchev–Trinajstić information content (AvgIpc) is 2.17. The van der Waals surface area contributed by atoms with Gasteiger partial charge in [0.15, 0.2) is 0 Å². The summed E-state index contributed by atoms with van der Waals surface area (Å²) in [6.45, 7) is 1.85. The Kier molecular flexibility index (Phi) is 2.66. The van der Waals surface area contributed by atoms with E-state index < -0.39 is 0 Å². The zero-order chi connectivity index (χ0) is 8.97. The van der Waals surface area contributed by atoms with Gasteiger partial charge in [0, 0.05) is 11.5 Å². The van der Waals surface area contributed by atoms with Crippen LogP contribution in [0.4, 0.5) is 0 Å². The Morgan fingerprint density at radius 1 is 1.58 bits per heavy atom. The molecule has 0 N–H and O–H groups in total. The highest BCUT2D eigenvalue weighted by atomic mass is 16.1. The molecular weight excluding hydrogens is 148 g/mol. The highest BCUT2D eigenvalue weighted by Crippen LogP contribution is 2.13. The number of carbonyl (C=O) groups is 1. The molecular formula is C11H10O. The number of carbonyl (C=O) groups excluding carboxylic acids is 1. The van der Waals surface area contributed by atoms with E-state index in [1.54, 1.807) is 0 Å². The van der Waals surface area contributed by atoms with Crippen LogP contribution in [0.1, 0.15) is 24.0 Å². The van der Waals surface area contributed by atoms with E-state index in [0.717, 1.165) is 17.4 Å². The fourth-order valence-electron chi connectivity index (χ4n) is 0.990. The van der Waals surface area contributed by atoms with Crippen molar-refractivity contribution in [2.45, 2.75) is 12.8 Å². The van der Waals surface area contributed by atoms with E-state index in [4.69, 9.17) is 6.42 Å². The Labute approximate surface area is 72.4 Å². The third-order valence-electron chi connectivity index (χ3n) is 1.78. The Morgan fingerprint density at radius 3 is 2.92 bits per heavy atom. The minimum Gasteiger partial charge on any atom is -0.303 e. The lowest BCUT2D eigenvalue weighted by atomic mass is 10.0. The van der Waals surface area contributed by atoms with Gasteiger partial charge in [0.25, 0.3) is 0 Å². The van der Waals surface area contributed by atoms with Gasteiger partial charge in [-0.25, -0.2) is 0 Å². The molecule has 0 bridgehead atoms. The summed E-state index contributed by atoms with van der Waals surface area (Å²) < 4.78 is 0. The number of aldehydes is 1. The zero-order valence-corrected chi connectivity index (χ0v) is 6.95. The number of rotatable bonds is 2. The minimum absolute atomic E-state index is 0.0710. The smallest absolute Gasteiger partial charge is 0.127 e. The van der Waals surface area contributed by atoms with Gasteiger partial charge in [-0.3, -0.25) is 0 Å². The van der Waals surface area contributed by atoms with E-state index in [1.165, 1.54) is 0 Å². The summed E-state index contributed by atoms with van der Waals surface area (Å²) >= 11 is 0. The molecule has 1 aromatic carbocycles. The molecule has 1 rings (SSSR count). The molecule has 12 heavy (non-hydrogen) atoms. The Bertz CT molecular complexity index is 320. The largest absolute Gasteiger partial charge is 0.303 e. The third-order valence-corrected chi connectivity index (χ3v) is 1.78. The average molecular weight is 158 g/mol. The summed E-state index contributed by atoms with van der Waals surface area (Å²) in [4.78, 5) is 10.5. The maximum Gasteiger partial charge on any atom is 0.127 e. The summed E-state index contributed by atoms with van der Waals surface area (Å²) in [7, 11) is 0. The van der Waals surface area contributed by atoms with E-state index in [9.17, 15) is 4.79 Å². The van der Waals surface area contributed by atoms with Crippen molar-refractivity contribution in [2.75, 3.05) is 0 Å². The second kappa shape index (κ2) is 3.73. The highest BCUT2D eigenvalue weighted by molar-refractivity contribution is 5.61. The van der Waals surface area contributed by atoms with Crippen LogP contribution >= 0.6 is 0 Å². The van der Waals surface area contributed by atoms with E-state index in [0.29, 0.717) is 0 Å². The first-order chi connectivity index (χ1) is 5.77. The molecule has 0 saturated heterocycles. The van der Waals surface area contributed by atoms with Crippen LogP contribution < -0.4 is 0 Å². The van der Waals surface area contributed by atoms with E-state index >= 15 is 0 Å². The van der Waals surface area contributed by atoms with Crippen LogP contribution in [0.25, 0.3) is 0 Å². The quantitative estimate of drug-likeness (QED) is 0.475. The molecule has 0 spiro atoms. The summed E-state index contributed by atoms with van der Waals surface area (Å²) in [6, 6.07) is 7.48. The van der Waals surface area contributed by atoms with Crippen molar-refractivity contribution in [1.29, 1.82) is 0 Å². The molecule has 0 radical (unpaired) electrons. The summed E-state index contributed by atoms with van der Waals surface area (Å²) in [5, 5.41) is 0. The minimum atomic E-state index is -0.0710. The fourth-order valence-corrected chi connectivity index (χ4v) is 0.990. The molecule has 0 aromatic heterocycles. The first-order valence-electron chi connectivity index (χ1n) is 3.80. The van der Waals surface area contributed by atoms with Crippen molar-refractivity contribution < 1.29 is 4.79 Å². The van der Waals surface area contributed by atoms with E-state index in [2.05, 4.69) is 5.92 Å². The second-order valence-electron chi connectivity index (χ2n) is 2.69. The van der Waals surface area contributed by atoms with Crippen LogP contribution in [-0.2, 0) is 4.79 Å². The van der Waals surface area contributed by atoms with Gasteiger partial charge in [0.2, 0.25) is 0 Å². The predicted octanol–water partition coefficient (Wildman–Crippen LogP) is 1.97. The molecule has 1 atom stereocenters. The monoisotopic (exact) mass is 158 g/mol. The maximum absolute atomic E-state index is 10.5. The van der Waals surface area contributed by atoms with Crippen LogP contribution in [0.2, 0.25) is 0 Å². The molecule has 0 heterocycles. The third kappa shape index (κ3) is 1.73. The molecule has 1 nitrogen and oxygen atoms in total. The number of benzene rings is 1. The lowest BCUT2D eigenvalue weighted by molar-refractivity contribution is -0.108. The van der Waals surface area contributed by atoms with Crippen molar-refractivity contribution in [1.82, 2.24) is 0 Å². The molecule has 1 heteroatoms. The van der Waals surface area contributed by atoms with Gasteiger partial charge in [-0.15, -0.1) is 6.42 Å². The molecule has 0 saturated carbocycles. The highest BCUT2D eigenvalue weighted by Gasteiger charge is 2.02. The fraction of sp³-hybridized carbons (Fsp3) is 0.182. The van der Waals surface area contributed by atoms with Crippen molar-refractivity contribution >= 4 is 6.29 Å². The summed E-state index contributed by atoms with van der Waals surface area (Å²) in [6.07, 6.45) is 6.13. The molecule has 0 aliphatic heterocycles. The molecule has 0 fully saturated rings. The Balaban J connectivity index is 3.03.